The Labute approximate surface area is 225 Å². The first-order valence-corrected chi connectivity index (χ1v) is 13.6. The number of amides is 2. The van der Waals surface area contributed by atoms with Gasteiger partial charge in [0.2, 0.25) is 5.91 Å². The van der Waals surface area contributed by atoms with Gasteiger partial charge < -0.3 is 14.9 Å². The predicted octanol–water partition coefficient (Wildman–Crippen LogP) is 4.54. The molecule has 3 aromatic rings. The molecule has 188 valence electrons. The number of benzene rings is 2. The average molecular weight is 554 g/mol. The fourth-order valence-corrected chi connectivity index (χ4v) is 6.13. The maximum Gasteiger partial charge on any atom is 0.352 e. The second-order valence-corrected chi connectivity index (χ2v) is 10.8. The summed E-state index contributed by atoms with van der Waals surface area (Å²) in [6, 6.07) is 17.6. The Morgan fingerprint density at radius 1 is 1.19 bits per heavy atom. The van der Waals surface area contributed by atoms with Gasteiger partial charge in [0.15, 0.2) is 5.76 Å². The molecule has 0 saturated carbocycles. The molecule has 37 heavy (non-hydrogen) atoms. The van der Waals surface area contributed by atoms with E-state index >= 15 is 0 Å². The number of thioether (sulfide) groups is 2. The van der Waals surface area contributed by atoms with Crippen LogP contribution in [0.5, 0.6) is 0 Å². The molecule has 2 aliphatic heterocycles. The van der Waals surface area contributed by atoms with Gasteiger partial charge in [0, 0.05) is 27.3 Å². The second-order valence-electron chi connectivity index (χ2n) is 8.19. The van der Waals surface area contributed by atoms with Crippen molar-refractivity contribution in [2.24, 2.45) is 0 Å². The predicted molar refractivity (Wildman–Crippen MR) is 143 cm³/mol. The molecular formula is C26H20ClN3O5S2. The first-order chi connectivity index (χ1) is 17.9. The van der Waals surface area contributed by atoms with Gasteiger partial charge in [-0.05, 0) is 35.9 Å². The Bertz CT molecular complexity index is 1410. The Balaban J connectivity index is 1.26. The molecule has 0 radical (unpaired) electrons. The highest BCUT2D eigenvalue weighted by Gasteiger charge is 2.53. The number of carboxylic acids is 1. The van der Waals surface area contributed by atoms with Gasteiger partial charge in [0.1, 0.15) is 22.8 Å². The number of allylic oxidation sites excluding steroid dienone is 1. The third kappa shape index (κ3) is 5.46. The number of β-lactam (4-membered cyclic amide) rings is 1. The van der Waals surface area contributed by atoms with E-state index in [9.17, 15) is 19.5 Å². The zero-order valence-corrected chi connectivity index (χ0v) is 21.6. The minimum absolute atomic E-state index is 0.0911. The number of halogens is 1. The van der Waals surface area contributed by atoms with E-state index in [0.29, 0.717) is 27.8 Å². The van der Waals surface area contributed by atoms with Crippen LogP contribution < -0.4 is 5.32 Å². The van der Waals surface area contributed by atoms with Crippen LogP contribution in [-0.4, -0.2) is 55.9 Å². The van der Waals surface area contributed by atoms with Crippen molar-refractivity contribution in [1.29, 1.82) is 0 Å². The number of carbonyl (C=O) groups is 3. The fourth-order valence-electron chi connectivity index (χ4n) is 3.96. The number of rotatable bonds is 8. The molecule has 2 aromatic carbocycles. The van der Waals surface area contributed by atoms with E-state index in [0.717, 1.165) is 10.5 Å². The summed E-state index contributed by atoms with van der Waals surface area (Å²) in [7, 11) is 0. The van der Waals surface area contributed by atoms with Crippen LogP contribution in [0.15, 0.2) is 87.4 Å². The van der Waals surface area contributed by atoms with Gasteiger partial charge in [0.05, 0.1) is 5.75 Å². The van der Waals surface area contributed by atoms with Gasteiger partial charge in [0.25, 0.3) is 5.91 Å². The zero-order chi connectivity index (χ0) is 25.9. The van der Waals surface area contributed by atoms with Gasteiger partial charge in [-0.25, -0.2) is 4.79 Å². The third-order valence-corrected chi connectivity index (χ3v) is 8.31. The summed E-state index contributed by atoms with van der Waals surface area (Å²) in [5, 5.41) is 16.8. The molecule has 11 heteroatoms. The fraction of sp³-hybridized carbons (Fsp3) is 0.154. The van der Waals surface area contributed by atoms with E-state index in [1.165, 1.54) is 28.4 Å². The van der Waals surface area contributed by atoms with Crippen LogP contribution in [0.3, 0.4) is 0 Å². The molecular weight excluding hydrogens is 534 g/mol. The van der Waals surface area contributed by atoms with Crippen LogP contribution in [-0.2, 0) is 14.4 Å². The smallest absolute Gasteiger partial charge is 0.352 e. The molecule has 3 heterocycles. The van der Waals surface area contributed by atoms with Crippen molar-refractivity contribution in [3.8, 4) is 11.3 Å². The Kier molecular flexibility index (Phi) is 7.40. The van der Waals surface area contributed by atoms with E-state index in [2.05, 4.69) is 10.5 Å². The maximum atomic E-state index is 12.9. The Hall–Kier alpha value is -3.47. The molecule has 0 aliphatic carbocycles. The third-order valence-electron chi connectivity index (χ3n) is 5.75. The number of carbonyl (C=O) groups excluding carboxylic acids is 2. The number of aliphatic carboxylic acids is 1. The average Bonchev–Trinajstić information content (AvgIpc) is 3.38. The van der Waals surface area contributed by atoms with Crippen molar-refractivity contribution in [3.63, 3.8) is 0 Å². The number of hydrogen-bond acceptors (Lipinski definition) is 7. The van der Waals surface area contributed by atoms with E-state index in [4.69, 9.17) is 16.1 Å². The molecule has 1 aromatic heterocycles. The Morgan fingerprint density at radius 3 is 2.68 bits per heavy atom. The van der Waals surface area contributed by atoms with Gasteiger partial charge in [-0.1, -0.05) is 53.2 Å². The molecule has 1 fully saturated rings. The summed E-state index contributed by atoms with van der Waals surface area (Å²) in [4.78, 5) is 39.6. The number of aromatic nitrogens is 1. The maximum absolute atomic E-state index is 12.9. The van der Waals surface area contributed by atoms with Crippen LogP contribution >= 0.6 is 35.1 Å². The van der Waals surface area contributed by atoms with E-state index in [-0.39, 0.29) is 17.4 Å². The standard InChI is InChI=1S/C26H20ClN3O5S2/c27-17-9-6-15(7-10-17)20-12-18(35-29-20)11-8-16-13-37-25-22(24(32)30(25)23(16)26(33)34)28-21(31)14-36-19-4-2-1-3-5-19/h1-12,22,25H,13-14H2,(H,28,31)(H,33,34)/b11-8+/t22-,25?/m1/s1. The van der Waals surface area contributed by atoms with Crippen molar-refractivity contribution in [3.05, 3.63) is 88.8 Å². The summed E-state index contributed by atoms with van der Waals surface area (Å²) >= 11 is 8.70. The van der Waals surface area contributed by atoms with Gasteiger partial charge in [-0.3, -0.25) is 14.5 Å². The number of nitrogens with zero attached hydrogens (tertiary/aromatic N) is 2. The highest BCUT2D eigenvalue weighted by Crippen LogP contribution is 2.41. The number of carboxylic acid groups (broad SMARTS) is 1. The van der Waals surface area contributed by atoms with Crippen molar-refractivity contribution >= 4 is 59.0 Å². The van der Waals surface area contributed by atoms with Crippen LogP contribution in [0.25, 0.3) is 17.3 Å². The summed E-state index contributed by atoms with van der Waals surface area (Å²) in [5.41, 5.74) is 1.82. The minimum Gasteiger partial charge on any atom is -0.477 e. The minimum atomic E-state index is -1.21. The topological polar surface area (TPSA) is 113 Å². The SMILES string of the molecule is O=C(CSc1ccccc1)N[C@@H]1C(=O)N2C(C(=O)O)=C(/C=C/c3cc(-c4ccc(Cl)cc4)no3)CSC12. The molecule has 5 rings (SSSR count). The van der Waals surface area contributed by atoms with Crippen molar-refractivity contribution < 1.29 is 24.0 Å². The van der Waals surface area contributed by atoms with E-state index < -0.39 is 23.3 Å². The summed E-state index contributed by atoms with van der Waals surface area (Å²) in [5.74, 6) is -0.970. The zero-order valence-electron chi connectivity index (χ0n) is 19.2. The molecule has 0 spiro atoms. The summed E-state index contributed by atoms with van der Waals surface area (Å²) in [6.45, 7) is 0. The van der Waals surface area contributed by atoms with Crippen LogP contribution in [0, 0.1) is 0 Å². The quantitative estimate of drug-likeness (QED) is 0.309. The number of fused-ring (bicyclic) bond motifs is 1. The highest BCUT2D eigenvalue weighted by atomic mass is 35.5. The molecule has 2 aliphatic rings. The first-order valence-electron chi connectivity index (χ1n) is 11.2. The lowest BCUT2D eigenvalue weighted by molar-refractivity contribution is -0.150. The van der Waals surface area contributed by atoms with E-state index in [1.54, 1.807) is 30.4 Å². The molecule has 2 atom stereocenters. The van der Waals surface area contributed by atoms with Crippen LogP contribution in [0.2, 0.25) is 5.02 Å². The molecule has 2 amide bonds. The first kappa shape index (κ1) is 25.2. The molecule has 1 saturated heterocycles. The van der Waals surface area contributed by atoms with Crippen LogP contribution in [0.4, 0.5) is 0 Å². The summed E-state index contributed by atoms with van der Waals surface area (Å²) < 4.78 is 5.36. The lowest BCUT2D eigenvalue weighted by Crippen LogP contribution is -2.70. The van der Waals surface area contributed by atoms with Crippen LogP contribution in [0.1, 0.15) is 5.76 Å². The summed E-state index contributed by atoms with van der Waals surface area (Å²) in [6.07, 6.45) is 3.24. The molecule has 8 nitrogen and oxygen atoms in total. The molecule has 1 unspecified atom stereocenters. The second kappa shape index (κ2) is 10.9. The van der Waals surface area contributed by atoms with Gasteiger partial charge in [-0.2, -0.15) is 0 Å². The normalized spacial score (nSPS) is 19.1. The number of hydrogen-bond donors (Lipinski definition) is 2. The van der Waals surface area contributed by atoms with Crippen molar-refractivity contribution in [1.82, 2.24) is 15.4 Å². The Morgan fingerprint density at radius 2 is 1.95 bits per heavy atom. The van der Waals surface area contributed by atoms with Crippen molar-refractivity contribution in [2.75, 3.05) is 11.5 Å². The molecule has 2 N–H and O–H groups in total. The lowest BCUT2D eigenvalue weighted by atomic mass is 10.0. The number of nitrogens with one attached hydrogen (secondary N) is 1. The van der Waals surface area contributed by atoms with Gasteiger partial charge in [-0.15, -0.1) is 23.5 Å². The van der Waals surface area contributed by atoms with E-state index in [1.807, 2.05) is 42.5 Å². The van der Waals surface area contributed by atoms with Gasteiger partial charge >= 0.3 is 5.97 Å². The lowest BCUT2D eigenvalue weighted by Gasteiger charge is -2.49. The highest BCUT2D eigenvalue weighted by molar-refractivity contribution is 8.00. The van der Waals surface area contributed by atoms with Crippen molar-refractivity contribution in [2.45, 2.75) is 16.3 Å². The molecule has 0 bridgehead atoms. The monoisotopic (exact) mass is 553 g/mol. The largest absolute Gasteiger partial charge is 0.477 e.